The van der Waals surface area contributed by atoms with E-state index in [2.05, 4.69) is 4.90 Å². The van der Waals surface area contributed by atoms with Crippen LogP contribution in [0.5, 0.6) is 0 Å². The molecule has 2 fully saturated rings. The predicted octanol–water partition coefficient (Wildman–Crippen LogP) is 2.31. The fourth-order valence-corrected chi connectivity index (χ4v) is 4.62. The van der Waals surface area contributed by atoms with Crippen LogP contribution in [-0.2, 0) is 16.0 Å². The van der Waals surface area contributed by atoms with Crippen molar-refractivity contribution < 1.29 is 14.3 Å². The van der Waals surface area contributed by atoms with Crippen LogP contribution in [0.4, 0.5) is 5.69 Å². The number of ether oxygens (including phenoxy) is 1. The lowest BCUT2D eigenvalue weighted by atomic mass is 10.0. The van der Waals surface area contributed by atoms with Gasteiger partial charge in [0.1, 0.15) is 0 Å². The average molecular weight is 386 g/mol. The van der Waals surface area contributed by atoms with E-state index in [1.807, 2.05) is 23.1 Å². The number of anilines is 1. The molecule has 6 heteroatoms. The van der Waals surface area contributed by atoms with Crippen molar-refractivity contribution in [2.75, 3.05) is 50.8 Å². The molecule has 0 radical (unpaired) electrons. The van der Waals surface area contributed by atoms with Gasteiger partial charge in [0.25, 0.3) is 5.91 Å². The highest BCUT2D eigenvalue weighted by Crippen LogP contribution is 2.29. The van der Waals surface area contributed by atoms with Crippen LogP contribution in [0.25, 0.3) is 0 Å². The van der Waals surface area contributed by atoms with E-state index in [0.29, 0.717) is 6.54 Å². The van der Waals surface area contributed by atoms with E-state index in [-0.39, 0.29) is 17.9 Å². The van der Waals surface area contributed by atoms with Crippen LogP contribution in [0, 0.1) is 0 Å². The fraction of sp³-hybridized carbons (Fsp3) is 0.636. The van der Waals surface area contributed by atoms with Gasteiger partial charge in [0.15, 0.2) is 0 Å². The number of nitrogens with zero attached hydrogens (tertiary/aromatic N) is 3. The first-order chi connectivity index (χ1) is 13.6. The van der Waals surface area contributed by atoms with Gasteiger partial charge >= 0.3 is 0 Å². The first-order valence-electron chi connectivity index (χ1n) is 10.7. The van der Waals surface area contributed by atoms with E-state index in [1.54, 1.807) is 11.8 Å². The third-order valence-corrected chi connectivity index (χ3v) is 6.29. The summed E-state index contributed by atoms with van der Waals surface area (Å²) in [6.45, 7) is 8.06. The quantitative estimate of drug-likeness (QED) is 0.781. The zero-order valence-corrected chi connectivity index (χ0v) is 16.9. The lowest BCUT2D eigenvalue weighted by Crippen LogP contribution is -2.41. The van der Waals surface area contributed by atoms with Crippen LogP contribution in [-0.4, -0.2) is 73.6 Å². The third kappa shape index (κ3) is 4.23. The number of amides is 2. The monoisotopic (exact) mass is 385 g/mol. The molecule has 0 N–H and O–H groups in total. The molecule has 0 bridgehead atoms. The van der Waals surface area contributed by atoms with E-state index in [9.17, 15) is 9.59 Å². The maximum absolute atomic E-state index is 12.9. The molecule has 0 unspecified atom stereocenters. The Bertz CT molecular complexity index is 722. The maximum Gasteiger partial charge on any atom is 0.253 e. The van der Waals surface area contributed by atoms with Gasteiger partial charge in [-0.25, -0.2) is 0 Å². The highest BCUT2D eigenvalue weighted by molar-refractivity contribution is 5.97. The number of carbonyl (C=O) groups is 2. The van der Waals surface area contributed by atoms with Crippen molar-refractivity contribution in [2.45, 2.75) is 45.1 Å². The van der Waals surface area contributed by atoms with Crippen molar-refractivity contribution >= 4 is 17.5 Å². The summed E-state index contributed by atoms with van der Waals surface area (Å²) in [6, 6.07) is 5.76. The van der Waals surface area contributed by atoms with Gasteiger partial charge in [-0.1, -0.05) is 0 Å². The van der Waals surface area contributed by atoms with Gasteiger partial charge in [-0.3, -0.25) is 9.59 Å². The maximum atomic E-state index is 12.9. The average Bonchev–Trinajstić information content (AvgIpc) is 3.37. The van der Waals surface area contributed by atoms with Gasteiger partial charge < -0.3 is 19.4 Å². The SMILES string of the molecule is CC(=O)N1CCc2cc(C(=O)N3CCC(OCCN4CCCC4)CC3)ccc21. The molecule has 4 rings (SSSR count). The Labute approximate surface area is 167 Å². The van der Waals surface area contributed by atoms with Crippen molar-refractivity contribution in [1.82, 2.24) is 9.80 Å². The zero-order valence-electron chi connectivity index (χ0n) is 16.9. The molecule has 152 valence electrons. The standard InChI is InChI=1S/C22H31N3O3/c1-17(26)25-13-6-18-16-19(4-5-21(18)25)22(27)24-11-7-20(8-12-24)28-15-14-23-9-2-3-10-23/h4-5,16,20H,2-3,6-15H2,1H3. The van der Waals surface area contributed by atoms with E-state index in [0.717, 1.165) is 62.3 Å². The minimum Gasteiger partial charge on any atom is -0.377 e. The first kappa shape index (κ1) is 19.4. The van der Waals surface area contributed by atoms with Crippen molar-refractivity contribution in [3.8, 4) is 0 Å². The molecule has 6 nitrogen and oxygen atoms in total. The Balaban J connectivity index is 1.26. The minimum absolute atomic E-state index is 0.0598. The van der Waals surface area contributed by atoms with Crippen molar-refractivity contribution in [3.05, 3.63) is 29.3 Å². The number of hydrogen-bond acceptors (Lipinski definition) is 4. The summed E-state index contributed by atoms with van der Waals surface area (Å²) in [6.07, 6.45) is 5.55. The second-order valence-electron chi connectivity index (χ2n) is 8.18. The molecule has 0 atom stereocenters. The molecule has 28 heavy (non-hydrogen) atoms. The van der Waals surface area contributed by atoms with Crippen LogP contribution in [0.2, 0.25) is 0 Å². The second-order valence-corrected chi connectivity index (χ2v) is 8.18. The van der Waals surface area contributed by atoms with E-state index in [4.69, 9.17) is 4.74 Å². The van der Waals surface area contributed by atoms with Gasteiger partial charge in [-0.2, -0.15) is 0 Å². The first-order valence-corrected chi connectivity index (χ1v) is 10.7. The Morgan fingerprint density at radius 2 is 1.82 bits per heavy atom. The number of likely N-dealkylation sites (tertiary alicyclic amines) is 2. The Kier molecular flexibility index (Phi) is 5.97. The summed E-state index contributed by atoms with van der Waals surface area (Å²) in [5.41, 5.74) is 2.79. The van der Waals surface area contributed by atoms with Crippen LogP contribution < -0.4 is 4.90 Å². The fourth-order valence-electron chi connectivity index (χ4n) is 4.62. The molecule has 0 aromatic heterocycles. The zero-order chi connectivity index (χ0) is 19.5. The molecule has 3 aliphatic heterocycles. The summed E-state index contributed by atoms with van der Waals surface area (Å²) in [4.78, 5) is 30.8. The molecular formula is C22H31N3O3. The lowest BCUT2D eigenvalue weighted by molar-refractivity contribution is -0.116. The lowest BCUT2D eigenvalue weighted by Gasteiger charge is -2.32. The number of piperidine rings is 1. The van der Waals surface area contributed by atoms with Crippen LogP contribution in [0.1, 0.15) is 48.5 Å². The summed E-state index contributed by atoms with van der Waals surface area (Å²) in [5.74, 6) is 0.157. The van der Waals surface area contributed by atoms with Crippen LogP contribution in [0.3, 0.4) is 0 Å². The van der Waals surface area contributed by atoms with Gasteiger partial charge in [0.2, 0.25) is 5.91 Å². The number of rotatable bonds is 5. The molecule has 0 aliphatic carbocycles. The highest BCUT2D eigenvalue weighted by Gasteiger charge is 2.27. The van der Waals surface area contributed by atoms with Gasteiger partial charge in [0.05, 0.1) is 12.7 Å². The molecule has 0 spiro atoms. The Morgan fingerprint density at radius 3 is 2.54 bits per heavy atom. The largest absolute Gasteiger partial charge is 0.377 e. The normalized spacial score (nSPS) is 20.6. The molecule has 3 heterocycles. The van der Waals surface area contributed by atoms with Crippen molar-refractivity contribution in [1.29, 1.82) is 0 Å². The molecule has 1 aromatic carbocycles. The van der Waals surface area contributed by atoms with E-state index in [1.165, 1.54) is 25.9 Å². The minimum atomic E-state index is 0.0598. The van der Waals surface area contributed by atoms with Crippen molar-refractivity contribution in [2.24, 2.45) is 0 Å². The number of hydrogen-bond donors (Lipinski definition) is 0. The topological polar surface area (TPSA) is 53.1 Å². The van der Waals surface area contributed by atoms with Gasteiger partial charge in [0, 0.05) is 44.4 Å². The van der Waals surface area contributed by atoms with Crippen LogP contribution >= 0.6 is 0 Å². The predicted molar refractivity (Wildman–Crippen MR) is 109 cm³/mol. The molecule has 2 saturated heterocycles. The molecule has 1 aromatic rings. The molecule has 3 aliphatic rings. The Morgan fingerprint density at radius 1 is 1.07 bits per heavy atom. The summed E-state index contributed by atoms with van der Waals surface area (Å²) >= 11 is 0. The van der Waals surface area contributed by atoms with Gasteiger partial charge in [-0.15, -0.1) is 0 Å². The Hall–Kier alpha value is -1.92. The number of carbonyl (C=O) groups excluding carboxylic acids is 2. The second kappa shape index (κ2) is 8.62. The van der Waals surface area contributed by atoms with E-state index >= 15 is 0 Å². The van der Waals surface area contributed by atoms with Crippen molar-refractivity contribution in [3.63, 3.8) is 0 Å². The number of benzene rings is 1. The molecular weight excluding hydrogens is 354 g/mol. The molecule has 0 saturated carbocycles. The third-order valence-electron chi connectivity index (χ3n) is 6.29. The summed E-state index contributed by atoms with van der Waals surface area (Å²) in [7, 11) is 0. The highest BCUT2D eigenvalue weighted by atomic mass is 16.5. The van der Waals surface area contributed by atoms with E-state index < -0.39 is 0 Å². The summed E-state index contributed by atoms with van der Waals surface area (Å²) < 4.78 is 6.06. The van der Waals surface area contributed by atoms with Gasteiger partial charge in [-0.05, 0) is 69.0 Å². The summed E-state index contributed by atoms with van der Waals surface area (Å²) in [5, 5.41) is 0. The van der Waals surface area contributed by atoms with Crippen LogP contribution in [0.15, 0.2) is 18.2 Å². The number of fused-ring (bicyclic) bond motifs is 1. The smallest absolute Gasteiger partial charge is 0.253 e. The molecule has 2 amide bonds.